The summed E-state index contributed by atoms with van der Waals surface area (Å²) >= 11 is 1.76. The quantitative estimate of drug-likeness (QED) is 0.580. The monoisotopic (exact) mass is 270 g/mol. The fourth-order valence-corrected chi connectivity index (χ4v) is 3.33. The van der Waals surface area contributed by atoms with E-state index in [4.69, 9.17) is 5.11 Å². The van der Waals surface area contributed by atoms with Gasteiger partial charge in [-0.15, -0.1) is 5.10 Å². The van der Waals surface area contributed by atoms with Gasteiger partial charge in [-0.05, 0) is 36.1 Å². The molecule has 0 unspecified atom stereocenters. The van der Waals surface area contributed by atoms with Crippen molar-refractivity contribution in [1.29, 1.82) is 0 Å². The van der Waals surface area contributed by atoms with Crippen molar-refractivity contribution in [3.63, 3.8) is 0 Å². The van der Waals surface area contributed by atoms with E-state index in [1.54, 1.807) is 11.8 Å². The Balaban J connectivity index is 1.70. The standard InChI is InChI=1S/C12H22N4OS/c17-9-5-1-2-6-10-18-12-13-14-15-16(12)11-7-3-4-8-11/h11,17H,1-10H2. The summed E-state index contributed by atoms with van der Waals surface area (Å²) in [6.45, 7) is 0.313. The van der Waals surface area contributed by atoms with Crippen molar-refractivity contribution in [3.05, 3.63) is 0 Å². The Morgan fingerprint density at radius 2 is 1.94 bits per heavy atom. The second-order valence-electron chi connectivity index (χ2n) is 4.83. The van der Waals surface area contributed by atoms with Crippen LogP contribution in [0.3, 0.4) is 0 Å². The van der Waals surface area contributed by atoms with Gasteiger partial charge in [-0.1, -0.05) is 37.4 Å². The van der Waals surface area contributed by atoms with Crippen LogP contribution in [0.1, 0.15) is 57.4 Å². The largest absolute Gasteiger partial charge is 0.396 e. The zero-order chi connectivity index (χ0) is 12.6. The van der Waals surface area contributed by atoms with Gasteiger partial charge >= 0.3 is 0 Å². The maximum absolute atomic E-state index is 8.70. The number of unbranched alkanes of at least 4 members (excludes halogenated alkanes) is 3. The molecule has 1 aliphatic carbocycles. The smallest absolute Gasteiger partial charge is 0.209 e. The van der Waals surface area contributed by atoms with Gasteiger partial charge in [-0.25, -0.2) is 4.68 Å². The average molecular weight is 270 g/mol. The van der Waals surface area contributed by atoms with Crippen LogP contribution in [-0.4, -0.2) is 37.7 Å². The molecule has 0 spiro atoms. The number of aliphatic hydroxyl groups is 1. The lowest BCUT2D eigenvalue weighted by atomic mass is 10.2. The summed E-state index contributed by atoms with van der Waals surface area (Å²) in [5, 5.41) is 21.7. The van der Waals surface area contributed by atoms with E-state index in [1.807, 2.05) is 4.68 Å². The zero-order valence-corrected chi connectivity index (χ0v) is 11.6. The normalized spacial score (nSPS) is 16.5. The molecule has 18 heavy (non-hydrogen) atoms. The van der Waals surface area contributed by atoms with Gasteiger partial charge in [0, 0.05) is 12.4 Å². The minimum atomic E-state index is 0.313. The van der Waals surface area contributed by atoms with Crippen molar-refractivity contribution in [2.24, 2.45) is 0 Å². The lowest BCUT2D eigenvalue weighted by Crippen LogP contribution is -2.08. The molecule has 1 aromatic rings. The highest BCUT2D eigenvalue weighted by molar-refractivity contribution is 7.99. The Morgan fingerprint density at radius 3 is 2.72 bits per heavy atom. The molecule has 2 rings (SSSR count). The third-order valence-corrected chi connectivity index (χ3v) is 4.44. The fraction of sp³-hybridized carbons (Fsp3) is 0.917. The first-order chi connectivity index (χ1) is 8.92. The van der Waals surface area contributed by atoms with Crippen molar-refractivity contribution < 1.29 is 5.11 Å². The van der Waals surface area contributed by atoms with E-state index >= 15 is 0 Å². The van der Waals surface area contributed by atoms with Crippen molar-refractivity contribution in [1.82, 2.24) is 20.2 Å². The van der Waals surface area contributed by atoms with Crippen LogP contribution < -0.4 is 0 Å². The number of rotatable bonds is 8. The molecule has 1 aromatic heterocycles. The molecule has 1 N–H and O–H groups in total. The second kappa shape index (κ2) is 7.74. The minimum absolute atomic E-state index is 0.313. The first kappa shape index (κ1) is 13.8. The molecule has 0 saturated heterocycles. The van der Waals surface area contributed by atoms with Gasteiger partial charge in [-0.3, -0.25) is 0 Å². The number of thioether (sulfide) groups is 1. The Kier molecular flexibility index (Phi) is 5.93. The fourth-order valence-electron chi connectivity index (χ4n) is 2.39. The molecular formula is C12H22N4OS. The van der Waals surface area contributed by atoms with Crippen LogP contribution in [0.5, 0.6) is 0 Å². The molecule has 0 bridgehead atoms. The molecular weight excluding hydrogens is 248 g/mol. The molecule has 0 amide bonds. The van der Waals surface area contributed by atoms with Gasteiger partial charge in [0.2, 0.25) is 5.16 Å². The Morgan fingerprint density at radius 1 is 1.17 bits per heavy atom. The molecule has 0 aromatic carbocycles. The summed E-state index contributed by atoms with van der Waals surface area (Å²) < 4.78 is 2.02. The summed E-state index contributed by atoms with van der Waals surface area (Å²) in [5.74, 6) is 1.07. The number of aromatic nitrogens is 4. The van der Waals surface area contributed by atoms with Crippen LogP contribution in [0.15, 0.2) is 5.16 Å². The van der Waals surface area contributed by atoms with Gasteiger partial charge in [0.15, 0.2) is 0 Å². The number of hydrogen-bond donors (Lipinski definition) is 1. The second-order valence-corrected chi connectivity index (χ2v) is 5.89. The molecule has 0 aliphatic heterocycles. The first-order valence-electron chi connectivity index (χ1n) is 6.93. The Labute approximate surface area is 112 Å². The highest BCUT2D eigenvalue weighted by atomic mass is 32.2. The SMILES string of the molecule is OCCCCCCSc1nnnn1C1CCCC1. The third kappa shape index (κ3) is 3.95. The van der Waals surface area contributed by atoms with Gasteiger partial charge in [0.1, 0.15) is 0 Å². The van der Waals surface area contributed by atoms with Crippen LogP contribution in [-0.2, 0) is 0 Å². The van der Waals surface area contributed by atoms with E-state index in [0.717, 1.165) is 23.8 Å². The first-order valence-corrected chi connectivity index (χ1v) is 7.92. The lowest BCUT2D eigenvalue weighted by molar-refractivity contribution is 0.283. The Bertz CT molecular complexity index is 339. The maximum atomic E-state index is 8.70. The summed E-state index contributed by atoms with van der Waals surface area (Å²) in [5.41, 5.74) is 0. The van der Waals surface area contributed by atoms with Crippen LogP contribution in [0.4, 0.5) is 0 Å². The van der Waals surface area contributed by atoms with Gasteiger partial charge < -0.3 is 5.11 Å². The van der Waals surface area contributed by atoms with E-state index in [-0.39, 0.29) is 0 Å². The summed E-state index contributed by atoms with van der Waals surface area (Å²) in [4.78, 5) is 0. The van der Waals surface area contributed by atoms with E-state index in [1.165, 1.54) is 38.5 Å². The summed E-state index contributed by atoms with van der Waals surface area (Å²) in [7, 11) is 0. The van der Waals surface area contributed by atoms with Crippen LogP contribution in [0.2, 0.25) is 0 Å². The molecule has 6 heteroatoms. The minimum Gasteiger partial charge on any atom is -0.396 e. The van der Waals surface area contributed by atoms with Crippen molar-refractivity contribution >= 4 is 11.8 Å². The van der Waals surface area contributed by atoms with Crippen molar-refractivity contribution in [3.8, 4) is 0 Å². The third-order valence-electron chi connectivity index (χ3n) is 3.42. The molecule has 5 nitrogen and oxygen atoms in total. The number of tetrazole rings is 1. The topological polar surface area (TPSA) is 63.8 Å². The summed E-state index contributed by atoms with van der Waals surface area (Å²) in [6, 6.07) is 0.525. The maximum Gasteiger partial charge on any atom is 0.209 e. The number of aliphatic hydroxyl groups excluding tert-OH is 1. The molecule has 1 saturated carbocycles. The van der Waals surface area contributed by atoms with Gasteiger partial charge in [0.25, 0.3) is 0 Å². The Hall–Kier alpha value is -0.620. The van der Waals surface area contributed by atoms with Gasteiger partial charge in [-0.2, -0.15) is 0 Å². The summed E-state index contributed by atoms with van der Waals surface area (Å²) in [6.07, 6.45) is 9.42. The molecule has 1 heterocycles. The molecule has 102 valence electrons. The molecule has 1 fully saturated rings. The number of hydrogen-bond acceptors (Lipinski definition) is 5. The molecule has 1 aliphatic rings. The van der Waals surface area contributed by atoms with Crippen molar-refractivity contribution in [2.75, 3.05) is 12.4 Å². The highest BCUT2D eigenvalue weighted by Gasteiger charge is 2.21. The van der Waals surface area contributed by atoms with Gasteiger partial charge in [0.05, 0.1) is 6.04 Å². The molecule has 0 atom stereocenters. The van der Waals surface area contributed by atoms with E-state index in [9.17, 15) is 0 Å². The molecule has 0 radical (unpaired) electrons. The van der Waals surface area contributed by atoms with E-state index < -0.39 is 0 Å². The average Bonchev–Trinajstić information content (AvgIpc) is 3.03. The van der Waals surface area contributed by atoms with Crippen LogP contribution in [0, 0.1) is 0 Å². The predicted molar refractivity (Wildman–Crippen MR) is 71.6 cm³/mol. The van der Waals surface area contributed by atoms with Crippen LogP contribution >= 0.6 is 11.8 Å². The van der Waals surface area contributed by atoms with E-state index in [2.05, 4.69) is 15.5 Å². The zero-order valence-electron chi connectivity index (χ0n) is 10.8. The van der Waals surface area contributed by atoms with Crippen LogP contribution in [0.25, 0.3) is 0 Å². The lowest BCUT2D eigenvalue weighted by Gasteiger charge is -2.10. The number of nitrogens with zero attached hydrogens (tertiary/aromatic N) is 4. The highest BCUT2D eigenvalue weighted by Crippen LogP contribution is 2.31. The van der Waals surface area contributed by atoms with Crippen molar-refractivity contribution in [2.45, 2.75) is 62.6 Å². The van der Waals surface area contributed by atoms with E-state index in [0.29, 0.717) is 12.6 Å². The predicted octanol–water partition coefficient (Wildman–Crippen LogP) is 2.43.